The minimum atomic E-state index is -0.642. The summed E-state index contributed by atoms with van der Waals surface area (Å²) in [5, 5.41) is 0. The molecule has 29 heavy (non-hydrogen) atoms. The van der Waals surface area contributed by atoms with Crippen LogP contribution in [-0.2, 0) is 4.79 Å². The molecule has 1 saturated heterocycles. The molecule has 1 aromatic heterocycles. The van der Waals surface area contributed by atoms with Crippen molar-refractivity contribution >= 4 is 17.9 Å². The molecule has 2 heterocycles. The molecule has 8 heteroatoms. The molecular weight excluding hydrogens is 372 g/mol. The van der Waals surface area contributed by atoms with Crippen LogP contribution < -0.4 is 10.5 Å². The van der Waals surface area contributed by atoms with E-state index in [0.717, 1.165) is 6.42 Å². The van der Waals surface area contributed by atoms with E-state index in [0.29, 0.717) is 32.1 Å². The molecule has 0 bridgehead atoms. The summed E-state index contributed by atoms with van der Waals surface area (Å²) in [4.78, 5) is 43.5. The third-order valence-corrected chi connectivity index (χ3v) is 5.39. The van der Waals surface area contributed by atoms with E-state index in [1.165, 1.54) is 24.0 Å². The Labute approximate surface area is 168 Å². The number of carbonyl (C=O) groups is 3. The lowest BCUT2D eigenvalue weighted by Gasteiger charge is -2.34. The Morgan fingerprint density at radius 3 is 2.38 bits per heavy atom. The van der Waals surface area contributed by atoms with Crippen LogP contribution in [0.5, 0.6) is 5.75 Å². The molecule has 8 nitrogen and oxygen atoms in total. The number of primary amides is 1. The highest BCUT2D eigenvalue weighted by Crippen LogP contribution is 2.48. The highest BCUT2D eigenvalue weighted by atomic mass is 16.6. The van der Waals surface area contributed by atoms with Gasteiger partial charge >= 0.3 is 6.09 Å². The van der Waals surface area contributed by atoms with Crippen molar-refractivity contribution in [2.24, 2.45) is 11.7 Å². The lowest BCUT2D eigenvalue weighted by molar-refractivity contribution is -0.134. The standard InChI is InChI=1S/C21H22N4O4/c22-19(26)15-10-16(13-23-12-15)29-21(28)25-8-6-24(7-9-25)20(27)18-11-17(18)14-4-2-1-3-5-14/h1-5,10,12-13,17-18H,6-9,11H2,(H2,22,26). The summed E-state index contributed by atoms with van der Waals surface area (Å²) in [7, 11) is 0. The van der Waals surface area contributed by atoms with E-state index in [1.54, 1.807) is 4.90 Å². The van der Waals surface area contributed by atoms with Crippen molar-refractivity contribution in [2.45, 2.75) is 12.3 Å². The molecule has 2 aliphatic rings. The number of nitrogens with zero attached hydrogens (tertiary/aromatic N) is 3. The predicted octanol–water partition coefficient (Wildman–Crippen LogP) is 1.63. The molecule has 2 aromatic rings. The van der Waals surface area contributed by atoms with E-state index in [2.05, 4.69) is 17.1 Å². The Balaban J connectivity index is 1.28. The lowest BCUT2D eigenvalue weighted by atomic mass is 10.1. The SMILES string of the molecule is NC(=O)c1cncc(OC(=O)N2CCN(C(=O)C3CC3c3ccccc3)CC2)c1. The number of pyridine rings is 1. The summed E-state index contributed by atoms with van der Waals surface area (Å²) < 4.78 is 5.29. The van der Waals surface area contributed by atoms with Gasteiger partial charge in [0.05, 0.1) is 11.8 Å². The number of amides is 3. The van der Waals surface area contributed by atoms with Gasteiger partial charge in [-0.05, 0) is 24.0 Å². The Kier molecular flexibility index (Phi) is 5.16. The predicted molar refractivity (Wildman–Crippen MR) is 104 cm³/mol. The van der Waals surface area contributed by atoms with Gasteiger partial charge in [0, 0.05) is 38.3 Å². The minimum absolute atomic E-state index is 0.0403. The Hall–Kier alpha value is -3.42. The quantitative estimate of drug-likeness (QED) is 0.848. The van der Waals surface area contributed by atoms with E-state index < -0.39 is 12.0 Å². The van der Waals surface area contributed by atoms with E-state index in [4.69, 9.17) is 10.5 Å². The molecule has 2 fully saturated rings. The lowest BCUT2D eigenvalue weighted by Crippen LogP contribution is -2.51. The Morgan fingerprint density at radius 2 is 1.69 bits per heavy atom. The molecule has 1 aliphatic heterocycles. The van der Waals surface area contributed by atoms with Crippen molar-refractivity contribution in [3.05, 3.63) is 59.9 Å². The van der Waals surface area contributed by atoms with Gasteiger partial charge < -0.3 is 20.3 Å². The van der Waals surface area contributed by atoms with Gasteiger partial charge in [-0.1, -0.05) is 30.3 Å². The number of ether oxygens (including phenoxy) is 1. The van der Waals surface area contributed by atoms with Crippen molar-refractivity contribution in [1.82, 2.24) is 14.8 Å². The number of benzene rings is 1. The third kappa shape index (κ3) is 4.21. The number of piperazine rings is 1. The zero-order valence-corrected chi connectivity index (χ0v) is 15.9. The fourth-order valence-electron chi connectivity index (χ4n) is 3.66. The van der Waals surface area contributed by atoms with Crippen molar-refractivity contribution in [3.8, 4) is 5.75 Å². The van der Waals surface area contributed by atoms with Crippen LogP contribution in [0.2, 0.25) is 0 Å². The first-order valence-corrected chi connectivity index (χ1v) is 9.58. The maximum absolute atomic E-state index is 12.8. The van der Waals surface area contributed by atoms with Crippen LogP contribution >= 0.6 is 0 Å². The topological polar surface area (TPSA) is 106 Å². The number of nitrogens with two attached hydrogens (primary N) is 1. The zero-order chi connectivity index (χ0) is 20.4. The summed E-state index contributed by atoms with van der Waals surface area (Å²) in [6.45, 7) is 1.75. The minimum Gasteiger partial charge on any atom is -0.409 e. The monoisotopic (exact) mass is 394 g/mol. The van der Waals surface area contributed by atoms with Crippen molar-refractivity contribution in [3.63, 3.8) is 0 Å². The molecular formula is C21H22N4O4. The largest absolute Gasteiger partial charge is 0.415 e. The average Bonchev–Trinajstić information content (AvgIpc) is 3.55. The van der Waals surface area contributed by atoms with Gasteiger partial charge in [-0.25, -0.2) is 4.79 Å². The first-order valence-electron chi connectivity index (χ1n) is 9.58. The van der Waals surface area contributed by atoms with Gasteiger partial charge in [0.15, 0.2) is 5.75 Å². The average molecular weight is 394 g/mol. The smallest absolute Gasteiger partial charge is 0.409 e. The van der Waals surface area contributed by atoms with Gasteiger partial charge in [0.2, 0.25) is 11.8 Å². The van der Waals surface area contributed by atoms with E-state index in [-0.39, 0.29) is 23.1 Å². The number of hydrogen-bond donors (Lipinski definition) is 1. The molecule has 1 aromatic carbocycles. The molecule has 1 saturated carbocycles. The summed E-state index contributed by atoms with van der Waals surface area (Å²) in [6.07, 6.45) is 3.01. The third-order valence-electron chi connectivity index (χ3n) is 5.39. The zero-order valence-electron chi connectivity index (χ0n) is 15.9. The van der Waals surface area contributed by atoms with Crippen LogP contribution in [0.4, 0.5) is 4.79 Å². The maximum atomic E-state index is 12.8. The maximum Gasteiger partial charge on any atom is 0.415 e. The van der Waals surface area contributed by atoms with Crippen molar-refractivity contribution in [2.75, 3.05) is 26.2 Å². The number of aromatic nitrogens is 1. The van der Waals surface area contributed by atoms with Gasteiger partial charge in [-0.3, -0.25) is 14.6 Å². The van der Waals surface area contributed by atoms with Gasteiger partial charge in [-0.15, -0.1) is 0 Å². The highest BCUT2D eigenvalue weighted by molar-refractivity contribution is 5.92. The van der Waals surface area contributed by atoms with Crippen molar-refractivity contribution < 1.29 is 19.1 Å². The molecule has 2 atom stereocenters. The summed E-state index contributed by atoms with van der Waals surface area (Å²) in [6, 6.07) is 11.5. The summed E-state index contributed by atoms with van der Waals surface area (Å²) in [5.74, 6) is 0.0189. The van der Waals surface area contributed by atoms with Gasteiger partial charge in [0.25, 0.3) is 0 Å². The fourth-order valence-corrected chi connectivity index (χ4v) is 3.66. The van der Waals surface area contributed by atoms with E-state index in [1.807, 2.05) is 23.1 Å². The fraction of sp³-hybridized carbons (Fsp3) is 0.333. The molecule has 0 spiro atoms. The van der Waals surface area contributed by atoms with Gasteiger partial charge in [-0.2, -0.15) is 0 Å². The number of rotatable bonds is 4. The highest BCUT2D eigenvalue weighted by Gasteiger charge is 2.46. The number of carbonyl (C=O) groups excluding carboxylic acids is 3. The molecule has 3 amide bonds. The molecule has 1 aliphatic carbocycles. The van der Waals surface area contributed by atoms with Crippen LogP contribution in [0.15, 0.2) is 48.8 Å². The molecule has 4 rings (SSSR count). The van der Waals surface area contributed by atoms with Gasteiger partial charge in [0.1, 0.15) is 0 Å². The molecule has 150 valence electrons. The second-order valence-corrected chi connectivity index (χ2v) is 7.31. The van der Waals surface area contributed by atoms with Crippen molar-refractivity contribution in [1.29, 1.82) is 0 Å². The molecule has 2 unspecified atom stereocenters. The molecule has 2 N–H and O–H groups in total. The number of hydrogen-bond acceptors (Lipinski definition) is 5. The first kappa shape index (κ1) is 18.9. The Bertz CT molecular complexity index is 925. The van der Waals surface area contributed by atoms with Crippen LogP contribution in [0.3, 0.4) is 0 Å². The Morgan fingerprint density at radius 1 is 1.00 bits per heavy atom. The first-order chi connectivity index (χ1) is 14.0. The summed E-state index contributed by atoms with van der Waals surface area (Å²) >= 11 is 0. The second kappa shape index (κ2) is 7.90. The van der Waals surface area contributed by atoms with Crippen LogP contribution in [-0.4, -0.2) is 58.9 Å². The van der Waals surface area contributed by atoms with E-state index in [9.17, 15) is 14.4 Å². The van der Waals surface area contributed by atoms with Crippen LogP contribution in [0, 0.1) is 5.92 Å². The second-order valence-electron chi connectivity index (χ2n) is 7.31. The summed E-state index contributed by atoms with van der Waals surface area (Å²) in [5.41, 5.74) is 6.59. The van der Waals surface area contributed by atoms with Crippen LogP contribution in [0.1, 0.15) is 28.3 Å². The van der Waals surface area contributed by atoms with Crippen LogP contribution in [0.25, 0.3) is 0 Å². The normalized spacial score (nSPS) is 20.8. The van der Waals surface area contributed by atoms with E-state index >= 15 is 0 Å². The molecule has 0 radical (unpaired) electrons.